The van der Waals surface area contributed by atoms with Gasteiger partial charge in [0.15, 0.2) is 0 Å². The van der Waals surface area contributed by atoms with Crippen LogP contribution in [0.4, 0.5) is 0 Å². The lowest BCUT2D eigenvalue weighted by molar-refractivity contribution is -0.120. The van der Waals surface area contributed by atoms with Gasteiger partial charge in [0.1, 0.15) is 5.25 Å². The van der Waals surface area contributed by atoms with Crippen molar-refractivity contribution in [2.24, 2.45) is 0 Å². The molecule has 3 atom stereocenters. The summed E-state index contributed by atoms with van der Waals surface area (Å²) in [6, 6.07) is 0.458. The van der Waals surface area contributed by atoms with Crippen molar-refractivity contribution in [2.75, 3.05) is 6.67 Å². The highest BCUT2D eigenvalue weighted by Gasteiger charge is 2.42. The third kappa shape index (κ3) is 1.47. The van der Waals surface area contributed by atoms with Crippen LogP contribution in [-0.2, 0) is 4.79 Å². The summed E-state index contributed by atoms with van der Waals surface area (Å²) < 4.78 is 0. The summed E-state index contributed by atoms with van der Waals surface area (Å²) in [5.41, 5.74) is 3.72. The van der Waals surface area contributed by atoms with Crippen LogP contribution < -0.4 is 16.0 Å². The standard InChI is InChI=1S/C13H15N3OS/c17-12-11-10(14-6-15-12)8-5-7-3-1-2-4-9(7)16-13(8)18-11/h1,3,5,9,11,13-14,16H,2,4,6H2,(H,15,17). The molecule has 18 heavy (non-hydrogen) atoms. The van der Waals surface area contributed by atoms with Crippen molar-refractivity contribution in [1.29, 1.82) is 0 Å². The van der Waals surface area contributed by atoms with Crippen molar-refractivity contribution in [3.63, 3.8) is 0 Å². The number of amides is 1. The van der Waals surface area contributed by atoms with Gasteiger partial charge in [-0.15, -0.1) is 11.8 Å². The fourth-order valence-corrected chi connectivity index (χ4v) is 4.43. The summed E-state index contributed by atoms with van der Waals surface area (Å²) in [5.74, 6) is 0.134. The van der Waals surface area contributed by atoms with E-state index in [1.165, 1.54) is 11.1 Å². The van der Waals surface area contributed by atoms with Gasteiger partial charge in [0.2, 0.25) is 5.91 Å². The summed E-state index contributed by atoms with van der Waals surface area (Å²) >= 11 is 1.71. The molecule has 4 aliphatic rings. The normalized spacial score (nSPS) is 37.2. The maximum absolute atomic E-state index is 11.9. The van der Waals surface area contributed by atoms with Crippen LogP contribution in [0.1, 0.15) is 12.8 Å². The van der Waals surface area contributed by atoms with E-state index in [1.807, 2.05) is 0 Å². The molecular weight excluding hydrogens is 246 g/mol. The molecule has 1 aliphatic carbocycles. The Balaban J connectivity index is 1.76. The zero-order valence-corrected chi connectivity index (χ0v) is 10.7. The van der Waals surface area contributed by atoms with Gasteiger partial charge >= 0.3 is 0 Å². The second kappa shape index (κ2) is 3.90. The fraction of sp³-hybridized carbons (Fsp3) is 0.462. The van der Waals surface area contributed by atoms with Crippen LogP contribution in [0.25, 0.3) is 0 Å². The first kappa shape index (κ1) is 10.7. The highest BCUT2D eigenvalue weighted by molar-refractivity contribution is 8.01. The van der Waals surface area contributed by atoms with E-state index in [0.29, 0.717) is 12.7 Å². The molecule has 4 rings (SSSR count). The molecule has 3 N–H and O–H groups in total. The van der Waals surface area contributed by atoms with Gasteiger partial charge in [-0.1, -0.05) is 18.2 Å². The van der Waals surface area contributed by atoms with Crippen LogP contribution in [0.5, 0.6) is 0 Å². The molecule has 3 unspecified atom stereocenters. The van der Waals surface area contributed by atoms with Gasteiger partial charge in [0, 0.05) is 17.3 Å². The van der Waals surface area contributed by atoms with E-state index in [0.717, 1.165) is 18.5 Å². The third-order valence-electron chi connectivity index (χ3n) is 3.92. The average molecular weight is 261 g/mol. The van der Waals surface area contributed by atoms with Crippen molar-refractivity contribution in [3.05, 3.63) is 35.1 Å². The molecule has 1 fully saturated rings. The number of carbonyl (C=O) groups is 1. The topological polar surface area (TPSA) is 53.2 Å². The smallest absolute Gasteiger partial charge is 0.240 e. The minimum absolute atomic E-state index is 0.0627. The Morgan fingerprint density at radius 3 is 3.22 bits per heavy atom. The summed E-state index contributed by atoms with van der Waals surface area (Å²) in [4.78, 5) is 11.9. The van der Waals surface area contributed by atoms with Crippen LogP contribution in [0.3, 0.4) is 0 Å². The molecule has 3 heterocycles. The lowest BCUT2D eigenvalue weighted by atomic mass is 9.90. The van der Waals surface area contributed by atoms with Crippen molar-refractivity contribution < 1.29 is 4.79 Å². The van der Waals surface area contributed by atoms with Gasteiger partial charge in [-0.2, -0.15) is 0 Å². The minimum Gasteiger partial charge on any atom is -0.370 e. The van der Waals surface area contributed by atoms with Crippen molar-refractivity contribution >= 4 is 17.7 Å². The van der Waals surface area contributed by atoms with Crippen molar-refractivity contribution in [3.8, 4) is 0 Å². The first-order chi connectivity index (χ1) is 8.83. The highest BCUT2D eigenvalue weighted by Crippen LogP contribution is 2.42. The SMILES string of the molecule is O=C1NCNC2=C3C=C4C=CCCC4NC3SC12. The lowest BCUT2D eigenvalue weighted by Crippen LogP contribution is -2.47. The van der Waals surface area contributed by atoms with Crippen LogP contribution in [0, 0.1) is 0 Å². The van der Waals surface area contributed by atoms with E-state index in [1.54, 1.807) is 11.8 Å². The molecule has 1 amide bonds. The second-order valence-electron chi connectivity index (χ2n) is 5.00. The van der Waals surface area contributed by atoms with Crippen molar-refractivity contribution in [1.82, 2.24) is 16.0 Å². The molecule has 3 aliphatic heterocycles. The summed E-state index contributed by atoms with van der Waals surface area (Å²) in [5, 5.41) is 10.0. The maximum Gasteiger partial charge on any atom is 0.240 e. The quantitative estimate of drug-likeness (QED) is 0.598. The van der Waals surface area contributed by atoms with E-state index < -0.39 is 0 Å². The van der Waals surface area contributed by atoms with Gasteiger partial charge in [0.25, 0.3) is 0 Å². The Labute approximate surface area is 110 Å². The number of hydrogen-bond donors (Lipinski definition) is 3. The Bertz CT molecular complexity index is 508. The molecule has 4 nitrogen and oxygen atoms in total. The van der Waals surface area contributed by atoms with E-state index in [4.69, 9.17) is 0 Å². The molecule has 0 bridgehead atoms. The number of allylic oxidation sites excluding steroid dienone is 1. The molecular formula is C13H15N3OS. The zero-order chi connectivity index (χ0) is 12.1. The third-order valence-corrected chi connectivity index (χ3v) is 5.30. The van der Waals surface area contributed by atoms with Crippen LogP contribution >= 0.6 is 11.8 Å². The maximum atomic E-state index is 11.9. The molecule has 0 aromatic carbocycles. The molecule has 0 aromatic heterocycles. The summed E-state index contributed by atoms with van der Waals surface area (Å²) in [6.07, 6.45) is 9.02. The highest BCUT2D eigenvalue weighted by atomic mass is 32.2. The van der Waals surface area contributed by atoms with E-state index in [9.17, 15) is 4.79 Å². The number of thioether (sulfide) groups is 1. The Morgan fingerprint density at radius 1 is 1.33 bits per heavy atom. The number of rotatable bonds is 0. The largest absolute Gasteiger partial charge is 0.370 e. The average Bonchev–Trinajstić information content (AvgIpc) is 2.76. The number of fused-ring (bicyclic) bond motifs is 3. The number of nitrogens with one attached hydrogen (secondary N) is 3. The van der Waals surface area contributed by atoms with Gasteiger partial charge < -0.3 is 10.6 Å². The molecule has 0 radical (unpaired) electrons. The van der Waals surface area contributed by atoms with E-state index >= 15 is 0 Å². The first-order valence-corrected chi connectivity index (χ1v) is 7.32. The zero-order valence-electron chi connectivity index (χ0n) is 9.90. The minimum atomic E-state index is -0.0627. The Hall–Kier alpha value is -1.20. The molecule has 94 valence electrons. The summed E-state index contributed by atoms with van der Waals surface area (Å²) in [6.45, 7) is 0.546. The molecule has 0 saturated carbocycles. The monoisotopic (exact) mass is 261 g/mol. The van der Waals surface area contributed by atoms with Gasteiger partial charge in [-0.25, -0.2) is 0 Å². The fourth-order valence-electron chi connectivity index (χ4n) is 3.02. The van der Waals surface area contributed by atoms with E-state index in [2.05, 4.69) is 34.2 Å². The van der Waals surface area contributed by atoms with Gasteiger partial charge in [-0.3, -0.25) is 10.1 Å². The predicted octanol–water partition coefficient (Wildman–Crippen LogP) is 0.607. The number of carbonyl (C=O) groups excluding carboxylic acids is 1. The Morgan fingerprint density at radius 2 is 2.28 bits per heavy atom. The first-order valence-electron chi connectivity index (χ1n) is 6.38. The van der Waals surface area contributed by atoms with Gasteiger partial charge in [-0.05, 0) is 18.4 Å². The van der Waals surface area contributed by atoms with Crippen molar-refractivity contribution in [2.45, 2.75) is 29.5 Å². The predicted molar refractivity (Wildman–Crippen MR) is 71.7 cm³/mol. The molecule has 5 heteroatoms. The molecule has 1 saturated heterocycles. The van der Waals surface area contributed by atoms with Crippen LogP contribution in [0.2, 0.25) is 0 Å². The second-order valence-corrected chi connectivity index (χ2v) is 6.22. The number of hydrogen-bond acceptors (Lipinski definition) is 4. The van der Waals surface area contributed by atoms with Gasteiger partial charge in [0.05, 0.1) is 12.0 Å². The summed E-state index contributed by atoms with van der Waals surface area (Å²) in [7, 11) is 0. The lowest BCUT2D eigenvalue weighted by Gasteiger charge is -2.31. The van der Waals surface area contributed by atoms with Crippen LogP contribution in [-0.4, -0.2) is 29.2 Å². The van der Waals surface area contributed by atoms with Crippen LogP contribution in [0.15, 0.2) is 35.1 Å². The molecule has 0 aromatic rings. The Kier molecular flexibility index (Phi) is 2.32. The molecule has 0 spiro atoms. The van der Waals surface area contributed by atoms with E-state index in [-0.39, 0.29) is 16.5 Å².